The summed E-state index contributed by atoms with van der Waals surface area (Å²) in [5, 5.41) is 14.2. The molecule has 0 aliphatic heterocycles. The molecule has 0 radical (unpaired) electrons. The highest BCUT2D eigenvalue weighted by Gasteiger charge is 2.16. The highest BCUT2D eigenvalue weighted by atomic mass is 16.5. The molecule has 0 aromatic heterocycles. The van der Waals surface area contributed by atoms with Gasteiger partial charge in [0.2, 0.25) is 0 Å². The van der Waals surface area contributed by atoms with Crippen LogP contribution in [0, 0.1) is 9.81 Å². The molecular formula is C9H8N2O5. The fraction of sp³-hybridized carbons (Fsp3) is 0.222. The lowest BCUT2D eigenvalue weighted by Crippen LogP contribution is -2.04. The van der Waals surface area contributed by atoms with Crippen molar-refractivity contribution in [2.45, 2.75) is 6.92 Å². The molecule has 16 heavy (non-hydrogen) atoms. The first-order valence-corrected chi connectivity index (χ1v) is 4.34. The first-order valence-electron chi connectivity index (χ1n) is 4.34. The van der Waals surface area contributed by atoms with Crippen LogP contribution >= 0.6 is 0 Å². The molecule has 0 atom stereocenters. The quantitative estimate of drug-likeness (QED) is 0.624. The van der Waals surface area contributed by atoms with Crippen molar-refractivity contribution in [1.29, 1.82) is 0 Å². The Kier molecular flexibility index (Phi) is 3.65. The van der Waals surface area contributed by atoms with Gasteiger partial charge in [-0.25, -0.2) is 4.79 Å². The zero-order valence-corrected chi connectivity index (χ0v) is 8.34. The van der Waals surface area contributed by atoms with Crippen LogP contribution in [0.25, 0.3) is 0 Å². The minimum atomic E-state index is -0.725. The molecule has 0 heterocycles. The molecule has 0 aliphatic carbocycles. The van der Waals surface area contributed by atoms with E-state index < -0.39 is 23.1 Å². The van der Waals surface area contributed by atoms with Gasteiger partial charge in [0.05, 0.1) is 12.2 Å². The van der Waals surface area contributed by atoms with Gasteiger partial charge in [0.25, 0.3) is 0 Å². The second-order valence-corrected chi connectivity index (χ2v) is 2.77. The number of rotatable bonds is 4. The summed E-state index contributed by atoms with van der Waals surface area (Å²) < 4.78 is 4.66. The molecule has 0 spiro atoms. The van der Waals surface area contributed by atoms with Crippen molar-refractivity contribution in [3.8, 4) is 5.75 Å². The summed E-state index contributed by atoms with van der Waals surface area (Å²) in [5.74, 6) is -1.38. The number of aromatic hydroxyl groups is 1. The summed E-state index contributed by atoms with van der Waals surface area (Å²) in [6, 6.07) is 2.05. The van der Waals surface area contributed by atoms with Crippen molar-refractivity contribution >= 4 is 17.3 Å². The van der Waals surface area contributed by atoms with E-state index in [1.165, 1.54) is 0 Å². The summed E-state index contributed by atoms with van der Waals surface area (Å²) in [7, 11) is 0. The molecule has 0 amide bonds. The number of phenolic OH excluding ortho intramolecular Hbond substituents is 1. The van der Waals surface area contributed by atoms with Crippen LogP contribution in [0.5, 0.6) is 5.75 Å². The maximum atomic E-state index is 11.3. The van der Waals surface area contributed by atoms with E-state index in [-0.39, 0.29) is 12.2 Å². The highest BCUT2D eigenvalue weighted by Crippen LogP contribution is 2.37. The van der Waals surface area contributed by atoms with E-state index in [9.17, 15) is 19.7 Å². The van der Waals surface area contributed by atoms with Gasteiger partial charge >= 0.3 is 5.97 Å². The van der Waals surface area contributed by atoms with Gasteiger partial charge in [0.15, 0.2) is 17.1 Å². The molecule has 1 aromatic rings. The summed E-state index contributed by atoms with van der Waals surface area (Å²) in [4.78, 5) is 31.9. The van der Waals surface area contributed by atoms with Crippen LogP contribution in [-0.2, 0) is 4.74 Å². The lowest BCUT2D eigenvalue weighted by atomic mass is 10.1. The minimum absolute atomic E-state index is 0.0659. The maximum Gasteiger partial charge on any atom is 0.338 e. The highest BCUT2D eigenvalue weighted by molar-refractivity contribution is 5.92. The standard InChI is InChI=1S/C9H8N2O5/c1-2-16-9(13)5-3-6(10-14)8(12)7(4-5)11-15/h3-4,12H,2H2,1H3. The number of carbonyl (C=O) groups excluding carboxylic acids is 1. The first kappa shape index (κ1) is 11.8. The Bertz CT molecular complexity index is 415. The first-order chi connectivity index (χ1) is 7.63. The second-order valence-electron chi connectivity index (χ2n) is 2.77. The van der Waals surface area contributed by atoms with E-state index in [0.717, 1.165) is 12.1 Å². The molecular weight excluding hydrogens is 216 g/mol. The molecule has 1 rings (SSSR count). The number of nitroso groups, excluding NO2 is 2. The van der Waals surface area contributed by atoms with Crippen molar-refractivity contribution in [1.82, 2.24) is 0 Å². The monoisotopic (exact) mass is 224 g/mol. The van der Waals surface area contributed by atoms with Crippen LogP contribution in [0.15, 0.2) is 22.5 Å². The third-order valence-electron chi connectivity index (χ3n) is 1.78. The maximum absolute atomic E-state index is 11.3. The largest absolute Gasteiger partial charge is 0.504 e. The van der Waals surface area contributed by atoms with Crippen molar-refractivity contribution < 1.29 is 14.6 Å². The van der Waals surface area contributed by atoms with Gasteiger partial charge in [-0.05, 0) is 29.4 Å². The summed E-state index contributed by atoms with van der Waals surface area (Å²) in [5.41, 5.74) is -0.927. The van der Waals surface area contributed by atoms with E-state index in [1.54, 1.807) is 6.92 Å². The number of carbonyl (C=O) groups is 1. The topological polar surface area (TPSA) is 105 Å². The van der Waals surface area contributed by atoms with E-state index in [0.29, 0.717) is 0 Å². The second kappa shape index (κ2) is 4.96. The van der Waals surface area contributed by atoms with Gasteiger partial charge in [0, 0.05) is 0 Å². The van der Waals surface area contributed by atoms with E-state index in [2.05, 4.69) is 15.1 Å². The Balaban J connectivity index is 3.26. The predicted molar refractivity (Wildman–Crippen MR) is 55.0 cm³/mol. The van der Waals surface area contributed by atoms with Gasteiger partial charge in [-0.1, -0.05) is 0 Å². The van der Waals surface area contributed by atoms with Gasteiger partial charge < -0.3 is 9.84 Å². The number of esters is 1. The molecule has 0 bridgehead atoms. The fourth-order valence-electron chi connectivity index (χ4n) is 1.08. The molecule has 0 saturated carbocycles. The third kappa shape index (κ3) is 2.19. The molecule has 1 N–H and O–H groups in total. The summed E-state index contributed by atoms with van der Waals surface area (Å²) >= 11 is 0. The van der Waals surface area contributed by atoms with Crippen LogP contribution in [0.2, 0.25) is 0 Å². The number of hydrogen-bond acceptors (Lipinski definition) is 7. The molecule has 0 saturated heterocycles. The van der Waals surface area contributed by atoms with Crippen molar-refractivity contribution in [2.24, 2.45) is 10.4 Å². The summed E-state index contributed by atoms with van der Waals surface area (Å²) in [6.07, 6.45) is 0. The van der Waals surface area contributed by atoms with Gasteiger partial charge in [-0.15, -0.1) is 9.81 Å². The third-order valence-corrected chi connectivity index (χ3v) is 1.78. The van der Waals surface area contributed by atoms with Gasteiger partial charge in [-0.3, -0.25) is 0 Å². The zero-order chi connectivity index (χ0) is 12.1. The Morgan fingerprint density at radius 1 is 1.31 bits per heavy atom. The number of phenols is 1. The lowest BCUT2D eigenvalue weighted by molar-refractivity contribution is 0.0526. The predicted octanol–water partition coefficient (Wildman–Crippen LogP) is 2.36. The fourth-order valence-corrected chi connectivity index (χ4v) is 1.08. The zero-order valence-electron chi connectivity index (χ0n) is 8.34. The van der Waals surface area contributed by atoms with Crippen LogP contribution in [-0.4, -0.2) is 17.7 Å². The lowest BCUT2D eigenvalue weighted by Gasteiger charge is -2.04. The van der Waals surface area contributed by atoms with E-state index >= 15 is 0 Å². The summed E-state index contributed by atoms with van der Waals surface area (Å²) in [6.45, 7) is 1.75. The number of nitrogens with zero attached hydrogens (tertiary/aromatic N) is 2. The van der Waals surface area contributed by atoms with Crippen molar-refractivity contribution in [3.05, 3.63) is 27.5 Å². The smallest absolute Gasteiger partial charge is 0.338 e. The normalized spacial score (nSPS) is 9.56. The van der Waals surface area contributed by atoms with Crippen LogP contribution in [0.3, 0.4) is 0 Å². The van der Waals surface area contributed by atoms with E-state index in [1.807, 2.05) is 0 Å². The Morgan fingerprint density at radius 2 is 1.81 bits per heavy atom. The van der Waals surface area contributed by atoms with Crippen LogP contribution in [0.1, 0.15) is 17.3 Å². The molecule has 0 unspecified atom stereocenters. The van der Waals surface area contributed by atoms with Gasteiger partial charge in [0.1, 0.15) is 0 Å². The molecule has 1 aromatic carbocycles. The number of benzene rings is 1. The SMILES string of the molecule is CCOC(=O)c1cc(N=O)c(O)c(N=O)c1. The number of ether oxygens (including phenoxy) is 1. The van der Waals surface area contributed by atoms with E-state index in [4.69, 9.17) is 0 Å². The van der Waals surface area contributed by atoms with Crippen molar-refractivity contribution in [3.63, 3.8) is 0 Å². The minimum Gasteiger partial charge on any atom is -0.504 e. The van der Waals surface area contributed by atoms with Crippen LogP contribution < -0.4 is 0 Å². The van der Waals surface area contributed by atoms with Gasteiger partial charge in [-0.2, -0.15) is 0 Å². The molecule has 0 aliphatic rings. The molecule has 7 heteroatoms. The Labute approximate surface area is 90.0 Å². The van der Waals surface area contributed by atoms with Crippen molar-refractivity contribution in [2.75, 3.05) is 6.61 Å². The average molecular weight is 224 g/mol. The Morgan fingerprint density at radius 3 is 2.19 bits per heavy atom. The molecule has 0 fully saturated rings. The average Bonchev–Trinajstić information content (AvgIpc) is 2.29. The molecule has 84 valence electrons. The molecule has 7 nitrogen and oxygen atoms in total. The Hall–Kier alpha value is -2.31. The van der Waals surface area contributed by atoms with Crippen LogP contribution in [0.4, 0.5) is 11.4 Å². The number of hydrogen-bond donors (Lipinski definition) is 1.